The predicted octanol–water partition coefficient (Wildman–Crippen LogP) is -0.159. The molecule has 8 nitrogen and oxygen atoms in total. The second-order valence-corrected chi connectivity index (χ2v) is 3.94. The largest absolute Gasteiger partial charge is 0.507 e. The maximum atomic E-state index is 12.1. The number of fused-ring (bicyclic) bond motifs is 1. The van der Waals surface area contributed by atoms with Crippen LogP contribution < -0.4 is 5.73 Å². The summed E-state index contributed by atoms with van der Waals surface area (Å²) in [4.78, 5) is 26.8. The van der Waals surface area contributed by atoms with E-state index in [0.717, 1.165) is 6.92 Å². The van der Waals surface area contributed by atoms with Gasteiger partial charge >= 0.3 is 5.97 Å². The van der Waals surface area contributed by atoms with E-state index in [1.165, 1.54) is 23.1 Å². The van der Waals surface area contributed by atoms with E-state index in [4.69, 9.17) is 10.8 Å². The van der Waals surface area contributed by atoms with Crippen molar-refractivity contribution in [2.24, 2.45) is 5.73 Å². The van der Waals surface area contributed by atoms with Gasteiger partial charge in [-0.05, 0) is 13.0 Å². The first-order valence-electron chi connectivity index (χ1n) is 4.94. The highest BCUT2D eigenvalue weighted by Gasteiger charge is 2.40. The zero-order valence-corrected chi connectivity index (χ0v) is 10.6. The lowest BCUT2D eigenvalue weighted by atomic mass is 9.92. The molecule has 0 aliphatic carbocycles. The molecule has 1 atom stereocenters. The van der Waals surface area contributed by atoms with Crippen LogP contribution in [0.1, 0.15) is 17.3 Å². The average Bonchev–Trinajstić information content (AvgIpc) is 2.75. The van der Waals surface area contributed by atoms with Crippen LogP contribution in [0.25, 0.3) is 5.65 Å². The van der Waals surface area contributed by atoms with Crippen LogP contribution in [0.5, 0.6) is 5.75 Å². The number of carbonyl (C=O) groups is 2. The summed E-state index contributed by atoms with van der Waals surface area (Å²) in [6.45, 7) is 1.05. The van der Waals surface area contributed by atoms with E-state index in [0.29, 0.717) is 0 Å². The molecule has 0 aliphatic heterocycles. The summed E-state index contributed by atoms with van der Waals surface area (Å²) in [6.07, 6.45) is 2.57. The highest BCUT2D eigenvalue weighted by atomic mass is 35.5. The van der Waals surface area contributed by atoms with Gasteiger partial charge in [0.25, 0.3) is 0 Å². The Morgan fingerprint density at radius 1 is 1.47 bits per heavy atom. The number of aliphatic carboxylic acids is 1. The van der Waals surface area contributed by atoms with Gasteiger partial charge in [-0.3, -0.25) is 4.79 Å². The van der Waals surface area contributed by atoms with Crippen LogP contribution in [0.4, 0.5) is 0 Å². The van der Waals surface area contributed by atoms with Crippen molar-refractivity contribution in [2.45, 2.75) is 12.5 Å². The van der Waals surface area contributed by atoms with E-state index in [-0.39, 0.29) is 23.6 Å². The van der Waals surface area contributed by atoms with Crippen molar-refractivity contribution in [2.75, 3.05) is 0 Å². The van der Waals surface area contributed by atoms with Crippen LogP contribution in [-0.4, -0.2) is 42.1 Å². The third kappa shape index (κ3) is 2.23. The fourth-order valence-electron chi connectivity index (χ4n) is 1.45. The summed E-state index contributed by atoms with van der Waals surface area (Å²) >= 11 is 0. The molecule has 0 aliphatic rings. The Balaban J connectivity index is 0.00000180. The molecule has 2 heterocycles. The minimum atomic E-state index is -2.15. The Kier molecular flexibility index (Phi) is 3.78. The number of nitrogens with two attached hydrogens (primary N) is 1. The second kappa shape index (κ2) is 4.82. The van der Waals surface area contributed by atoms with Gasteiger partial charge in [-0.1, -0.05) is 0 Å². The second-order valence-electron chi connectivity index (χ2n) is 3.94. The first kappa shape index (κ1) is 14.9. The topological polar surface area (TPSA) is 131 Å². The van der Waals surface area contributed by atoms with Gasteiger partial charge in [-0.25, -0.2) is 14.3 Å². The Labute approximate surface area is 113 Å². The molecule has 2 aromatic rings. The molecule has 0 aromatic carbocycles. The molecule has 0 amide bonds. The number of nitrogens with zero attached hydrogens (tertiary/aromatic N) is 3. The van der Waals surface area contributed by atoms with Gasteiger partial charge in [0.2, 0.25) is 5.78 Å². The Morgan fingerprint density at radius 3 is 2.68 bits per heavy atom. The van der Waals surface area contributed by atoms with Crippen LogP contribution in [0.2, 0.25) is 0 Å². The summed E-state index contributed by atoms with van der Waals surface area (Å²) in [7, 11) is 0. The Bertz CT molecular complexity index is 652. The van der Waals surface area contributed by atoms with E-state index in [9.17, 15) is 14.7 Å². The average molecular weight is 287 g/mol. The molecule has 0 bridgehead atoms. The molecule has 0 fully saturated rings. The molecule has 0 spiro atoms. The number of ketones is 1. The van der Waals surface area contributed by atoms with E-state index in [1.807, 2.05) is 0 Å². The van der Waals surface area contributed by atoms with Gasteiger partial charge in [0.15, 0.2) is 11.2 Å². The summed E-state index contributed by atoms with van der Waals surface area (Å²) < 4.78 is 1.24. The van der Waals surface area contributed by atoms with Gasteiger partial charge in [0.1, 0.15) is 17.6 Å². The van der Waals surface area contributed by atoms with Crippen molar-refractivity contribution in [3.8, 4) is 5.75 Å². The van der Waals surface area contributed by atoms with Crippen molar-refractivity contribution < 1.29 is 19.8 Å². The maximum Gasteiger partial charge on any atom is 0.331 e. The lowest BCUT2D eigenvalue weighted by Gasteiger charge is -2.18. The number of halogens is 1. The SMILES string of the molecule is CC(N)(C(=O)O)C(=O)c1c(O)ccn2ncnc12.Cl. The molecule has 4 N–H and O–H groups in total. The number of hydrogen-bond acceptors (Lipinski definition) is 6. The number of carboxylic acid groups (broad SMARTS) is 1. The molecule has 0 saturated heterocycles. The van der Waals surface area contributed by atoms with E-state index in [2.05, 4.69) is 10.1 Å². The van der Waals surface area contributed by atoms with Crippen molar-refractivity contribution in [1.29, 1.82) is 0 Å². The normalized spacial score (nSPS) is 13.6. The van der Waals surface area contributed by atoms with Gasteiger partial charge in [-0.2, -0.15) is 5.10 Å². The number of carboxylic acids is 1. The number of Topliss-reactive ketones (excluding diaryl/α,β-unsaturated/α-hetero) is 1. The van der Waals surface area contributed by atoms with Gasteiger partial charge in [0.05, 0.1) is 0 Å². The molecule has 2 rings (SSSR count). The van der Waals surface area contributed by atoms with Crippen LogP contribution in [-0.2, 0) is 4.79 Å². The van der Waals surface area contributed by atoms with Crippen molar-refractivity contribution in [3.05, 3.63) is 24.2 Å². The summed E-state index contributed by atoms with van der Waals surface area (Å²) in [6, 6.07) is 1.22. The third-order valence-electron chi connectivity index (χ3n) is 2.57. The Hall–Kier alpha value is -2.19. The van der Waals surface area contributed by atoms with Crippen LogP contribution in [0, 0.1) is 0 Å². The smallest absolute Gasteiger partial charge is 0.331 e. The number of hydrogen-bond donors (Lipinski definition) is 3. The van der Waals surface area contributed by atoms with Crippen LogP contribution >= 0.6 is 12.4 Å². The molecule has 1 unspecified atom stereocenters. The summed E-state index contributed by atoms with van der Waals surface area (Å²) in [5, 5.41) is 22.4. The highest BCUT2D eigenvalue weighted by molar-refractivity contribution is 6.19. The van der Waals surface area contributed by atoms with E-state index in [1.54, 1.807) is 0 Å². The molecule has 9 heteroatoms. The fraction of sp³-hybridized carbons (Fsp3) is 0.200. The molecule has 0 radical (unpaired) electrons. The summed E-state index contributed by atoms with van der Waals surface area (Å²) in [5.41, 5.74) is 3.09. The molecular formula is C10H11ClN4O4. The zero-order chi connectivity index (χ0) is 13.5. The number of rotatable bonds is 3. The first-order chi connectivity index (χ1) is 8.35. The first-order valence-corrected chi connectivity index (χ1v) is 4.94. The molecule has 102 valence electrons. The quantitative estimate of drug-likeness (QED) is 0.528. The molecular weight excluding hydrogens is 276 g/mol. The van der Waals surface area contributed by atoms with Gasteiger partial charge < -0.3 is 15.9 Å². The number of pyridine rings is 1. The number of aromatic nitrogens is 3. The number of aromatic hydroxyl groups is 1. The minimum Gasteiger partial charge on any atom is -0.507 e. The van der Waals surface area contributed by atoms with Crippen LogP contribution in [0.3, 0.4) is 0 Å². The molecule has 0 saturated carbocycles. The van der Waals surface area contributed by atoms with Crippen molar-refractivity contribution >= 4 is 29.8 Å². The van der Waals surface area contributed by atoms with Crippen molar-refractivity contribution in [1.82, 2.24) is 14.6 Å². The monoisotopic (exact) mass is 286 g/mol. The van der Waals surface area contributed by atoms with Crippen LogP contribution in [0.15, 0.2) is 18.6 Å². The standard InChI is InChI=1S/C10H10N4O4.ClH/c1-10(11,9(17)18)7(16)6-5(15)2-3-14-8(6)12-4-13-14;/h2-4,15H,11H2,1H3,(H,17,18);1H. The third-order valence-corrected chi connectivity index (χ3v) is 2.57. The van der Waals surface area contributed by atoms with Gasteiger partial charge in [-0.15, -0.1) is 12.4 Å². The van der Waals surface area contributed by atoms with E-state index >= 15 is 0 Å². The lowest BCUT2D eigenvalue weighted by Crippen LogP contribution is -2.52. The zero-order valence-electron chi connectivity index (χ0n) is 9.77. The summed E-state index contributed by atoms with van der Waals surface area (Å²) in [5.74, 6) is -2.82. The maximum absolute atomic E-state index is 12.1. The van der Waals surface area contributed by atoms with E-state index < -0.39 is 23.0 Å². The number of carbonyl (C=O) groups excluding carboxylic acids is 1. The lowest BCUT2D eigenvalue weighted by molar-refractivity contribution is -0.140. The highest BCUT2D eigenvalue weighted by Crippen LogP contribution is 2.24. The molecule has 2 aromatic heterocycles. The predicted molar refractivity (Wildman–Crippen MR) is 66.5 cm³/mol. The molecule has 19 heavy (non-hydrogen) atoms. The minimum absolute atomic E-state index is 0. The Morgan fingerprint density at radius 2 is 2.11 bits per heavy atom. The van der Waals surface area contributed by atoms with Gasteiger partial charge in [0, 0.05) is 6.20 Å². The fourth-order valence-corrected chi connectivity index (χ4v) is 1.45. The van der Waals surface area contributed by atoms with Crippen molar-refractivity contribution in [3.63, 3.8) is 0 Å².